The highest BCUT2D eigenvalue weighted by Crippen LogP contribution is 2.12. The van der Waals surface area contributed by atoms with Crippen molar-refractivity contribution in [1.29, 1.82) is 0 Å². The lowest BCUT2D eigenvalue weighted by atomic mass is 10.1. The van der Waals surface area contributed by atoms with Crippen molar-refractivity contribution < 1.29 is 9.21 Å². The summed E-state index contributed by atoms with van der Waals surface area (Å²) < 4.78 is 5.27. The Morgan fingerprint density at radius 2 is 2.20 bits per heavy atom. The molecule has 1 aromatic heterocycles. The number of halogens is 1. The second-order valence-corrected chi connectivity index (χ2v) is 5.17. The van der Waals surface area contributed by atoms with Crippen molar-refractivity contribution in [3.63, 3.8) is 0 Å². The Morgan fingerprint density at radius 3 is 2.85 bits per heavy atom. The molecule has 0 bridgehead atoms. The third-order valence-corrected chi connectivity index (χ3v) is 2.95. The zero-order valence-electron chi connectivity index (χ0n) is 11.4. The van der Waals surface area contributed by atoms with Crippen LogP contribution >= 0.6 is 11.6 Å². The first-order chi connectivity index (χ1) is 9.56. The summed E-state index contributed by atoms with van der Waals surface area (Å²) in [7, 11) is 0. The largest absolute Gasteiger partial charge is 0.417 e. The Morgan fingerprint density at radius 1 is 1.40 bits per heavy atom. The lowest BCUT2D eigenvalue weighted by Gasteiger charge is -2.03. The van der Waals surface area contributed by atoms with Gasteiger partial charge in [-0.1, -0.05) is 37.6 Å². The zero-order valence-corrected chi connectivity index (χ0v) is 12.1. The highest BCUT2D eigenvalue weighted by Gasteiger charge is 2.15. The van der Waals surface area contributed by atoms with Gasteiger partial charge in [0.2, 0.25) is 5.89 Å². The molecule has 0 saturated heterocycles. The summed E-state index contributed by atoms with van der Waals surface area (Å²) in [5.74, 6) is 0.215. The minimum absolute atomic E-state index is 0.000191. The highest BCUT2D eigenvalue weighted by molar-refractivity contribution is 6.30. The average Bonchev–Trinajstić information content (AvgIpc) is 2.88. The maximum absolute atomic E-state index is 11.8. The number of nitrogens with one attached hydrogen (secondary N) is 1. The maximum Gasteiger partial charge on any atom is 0.308 e. The van der Waals surface area contributed by atoms with Crippen LogP contribution in [0.1, 0.15) is 41.9 Å². The topological polar surface area (TPSA) is 68.0 Å². The van der Waals surface area contributed by atoms with Crippen LogP contribution in [0.15, 0.2) is 28.7 Å². The summed E-state index contributed by atoms with van der Waals surface area (Å²) in [5, 5.41) is 11.0. The third-order valence-electron chi connectivity index (χ3n) is 2.72. The summed E-state index contributed by atoms with van der Waals surface area (Å²) in [6.45, 7) is 4.33. The summed E-state index contributed by atoms with van der Waals surface area (Å²) in [6.07, 6.45) is 0.692. The molecular weight excluding hydrogens is 278 g/mol. The Bertz CT molecular complexity index is 596. The molecule has 0 aliphatic rings. The van der Waals surface area contributed by atoms with E-state index in [1.165, 1.54) is 0 Å². The van der Waals surface area contributed by atoms with Crippen molar-refractivity contribution in [2.24, 2.45) is 0 Å². The highest BCUT2D eigenvalue weighted by atomic mass is 35.5. The normalized spacial score (nSPS) is 10.8. The van der Waals surface area contributed by atoms with E-state index in [9.17, 15) is 4.79 Å². The molecule has 6 heteroatoms. The summed E-state index contributed by atoms with van der Waals surface area (Å²) in [4.78, 5) is 11.8. The quantitative estimate of drug-likeness (QED) is 0.920. The number of hydrogen-bond acceptors (Lipinski definition) is 4. The minimum atomic E-state index is -0.355. The van der Waals surface area contributed by atoms with Crippen molar-refractivity contribution in [2.75, 3.05) is 6.54 Å². The molecule has 20 heavy (non-hydrogen) atoms. The van der Waals surface area contributed by atoms with Crippen molar-refractivity contribution >= 4 is 17.5 Å². The van der Waals surface area contributed by atoms with E-state index >= 15 is 0 Å². The number of amides is 1. The van der Waals surface area contributed by atoms with Gasteiger partial charge in [0, 0.05) is 17.5 Å². The van der Waals surface area contributed by atoms with Gasteiger partial charge >= 0.3 is 11.8 Å². The Hall–Kier alpha value is -1.88. The van der Waals surface area contributed by atoms with Gasteiger partial charge in [0.1, 0.15) is 0 Å². The van der Waals surface area contributed by atoms with Crippen molar-refractivity contribution in [3.05, 3.63) is 46.6 Å². The van der Waals surface area contributed by atoms with Crippen LogP contribution in [-0.2, 0) is 6.42 Å². The summed E-state index contributed by atoms with van der Waals surface area (Å²) >= 11 is 5.89. The Kier molecular flexibility index (Phi) is 4.74. The van der Waals surface area contributed by atoms with Crippen LogP contribution in [0.4, 0.5) is 0 Å². The summed E-state index contributed by atoms with van der Waals surface area (Å²) in [6, 6.07) is 7.53. The first kappa shape index (κ1) is 14.5. The van der Waals surface area contributed by atoms with Gasteiger partial charge in [-0.25, -0.2) is 0 Å². The number of nitrogens with zero attached hydrogens (tertiary/aromatic N) is 2. The second-order valence-electron chi connectivity index (χ2n) is 4.74. The molecule has 0 unspecified atom stereocenters. The van der Waals surface area contributed by atoms with Crippen molar-refractivity contribution in [3.8, 4) is 0 Å². The SMILES string of the molecule is CC(C)c1nnc(C(=O)NCCc2cccc(Cl)c2)o1. The minimum Gasteiger partial charge on any atom is -0.417 e. The van der Waals surface area contributed by atoms with E-state index < -0.39 is 0 Å². The summed E-state index contributed by atoms with van der Waals surface area (Å²) in [5.41, 5.74) is 1.06. The first-order valence-corrected chi connectivity index (χ1v) is 6.80. The zero-order chi connectivity index (χ0) is 14.5. The number of aromatic nitrogens is 2. The molecule has 0 atom stereocenters. The van der Waals surface area contributed by atoms with Crippen LogP contribution < -0.4 is 5.32 Å². The number of carbonyl (C=O) groups excluding carboxylic acids is 1. The average molecular weight is 294 g/mol. The van der Waals surface area contributed by atoms with E-state index in [0.717, 1.165) is 5.56 Å². The lowest BCUT2D eigenvalue weighted by Crippen LogP contribution is -2.26. The van der Waals surface area contributed by atoms with E-state index in [1.807, 2.05) is 38.1 Å². The maximum atomic E-state index is 11.8. The van der Waals surface area contributed by atoms with Gasteiger partial charge in [0.15, 0.2) is 0 Å². The number of carbonyl (C=O) groups is 1. The van der Waals surface area contributed by atoms with Gasteiger partial charge in [-0.3, -0.25) is 4.79 Å². The molecule has 106 valence electrons. The molecule has 0 saturated carbocycles. The number of rotatable bonds is 5. The number of benzene rings is 1. The molecule has 1 amide bonds. The Balaban J connectivity index is 1.85. The molecular formula is C14H16ClN3O2. The molecule has 0 aliphatic heterocycles. The second kappa shape index (κ2) is 6.52. The van der Waals surface area contributed by atoms with E-state index in [1.54, 1.807) is 0 Å². The monoisotopic (exact) mass is 293 g/mol. The molecule has 0 radical (unpaired) electrons. The first-order valence-electron chi connectivity index (χ1n) is 6.42. The number of hydrogen-bond donors (Lipinski definition) is 1. The molecule has 2 rings (SSSR count). The van der Waals surface area contributed by atoms with E-state index in [-0.39, 0.29) is 17.7 Å². The van der Waals surface area contributed by atoms with Crippen LogP contribution in [0.5, 0.6) is 0 Å². The molecule has 0 aliphatic carbocycles. The molecule has 1 N–H and O–H groups in total. The Labute approximate surface area is 122 Å². The molecule has 0 spiro atoms. The lowest BCUT2D eigenvalue weighted by molar-refractivity contribution is 0.0917. The van der Waals surface area contributed by atoms with Gasteiger partial charge in [-0.2, -0.15) is 0 Å². The fourth-order valence-electron chi connectivity index (χ4n) is 1.65. The van der Waals surface area contributed by atoms with Crippen LogP contribution in [-0.4, -0.2) is 22.6 Å². The van der Waals surface area contributed by atoms with Crippen LogP contribution in [0.25, 0.3) is 0 Å². The fraction of sp³-hybridized carbons (Fsp3) is 0.357. The third kappa shape index (κ3) is 3.81. The van der Waals surface area contributed by atoms with Crippen molar-refractivity contribution in [1.82, 2.24) is 15.5 Å². The van der Waals surface area contributed by atoms with Gasteiger partial charge in [-0.05, 0) is 24.1 Å². The standard InChI is InChI=1S/C14H16ClN3O2/c1-9(2)13-17-18-14(20-13)12(19)16-7-6-10-4-3-5-11(15)8-10/h3-5,8-9H,6-7H2,1-2H3,(H,16,19). The molecule has 2 aromatic rings. The molecule has 0 fully saturated rings. The van der Waals surface area contributed by atoms with E-state index in [2.05, 4.69) is 15.5 Å². The van der Waals surface area contributed by atoms with Gasteiger partial charge in [0.05, 0.1) is 0 Å². The smallest absolute Gasteiger partial charge is 0.308 e. The fourth-order valence-corrected chi connectivity index (χ4v) is 1.86. The van der Waals surface area contributed by atoms with Crippen LogP contribution in [0.3, 0.4) is 0 Å². The van der Waals surface area contributed by atoms with Crippen LogP contribution in [0.2, 0.25) is 5.02 Å². The van der Waals surface area contributed by atoms with E-state index in [4.69, 9.17) is 16.0 Å². The predicted molar refractivity (Wildman–Crippen MR) is 75.9 cm³/mol. The van der Waals surface area contributed by atoms with E-state index in [0.29, 0.717) is 23.9 Å². The molecule has 5 nitrogen and oxygen atoms in total. The van der Waals surface area contributed by atoms with Crippen molar-refractivity contribution in [2.45, 2.75) is 26.2 Å². The van der Waals surface area contributed by atoms with Gasteiger partial charge in [0.25, 0.3) is 0 Å². The predicted octanol–water partition coefficient (Wildman–Crippen LogP) is 2.82. The van der Waals surface area contributed by atoms with Gasteiger partial charge in [-0.15, -0.1) is 10.2 Å². The molecule has 1 heterocycles. The molecule has 1 aromatic carbocycles. The van der Waals surface area contributed by atoms with Crippen LogP contribution in [0, 0.1) is 0 Å². The van der Waals surface area contributed by atoms with Gasteiger partial charge < -0.3 is 9.73 Å².